The van der Waals surface area contributed by atoms with Crippen molar-refractivity contribution in [2.24, 2.45) is 0 Å². The molecule has 0 saturated heterocycles. The predicted octanol–water partition coefficient (Wildman–Crippen LogP) is 4.81. The highest BCUT2D eigenvalue weighted by molar-refractivity contribution is 5.70. The van der Waals surface area contributed by atoms with Gasteiger partial charge in [0.1, 0.15) is 6.61 Å². The van der Waals surface area contributed by atoms with Crippen molar-refractivity contribution in [1.29, 1.82) is 0 Å². The first-order valence-electron chi connectivity index (χ1n) is 10.1. The van der Waals surface area contributed by atoms with Crippen molar-refractivity contribution in [2.45, 2.75) is 90.9 Å². The molecule has 0 atom stereocenters. The molecular weight excluding hydrogens is 320 g/mol. The highest BCUT2D eigenvalue weighted by Gasteiger charge is 2.06. The second-order valence-corrected chi connectivity index (χ2v) is 6.38. The summed E-state index contributed by atoms with van der Waals surface area (Å²) >= 11 is 0. The molecule has 0 rings (SSSR count). The van der Waals surface area contributed by atoms with E-state index in [2.05, 4.69) is 13.8 Å². The molecule has 0 saturated carbocycles. The number of hydrogen-bond acceptors (Lipinski definition) is 5. The summed E-state index contributed by atoms with van der Waals surface area (Å²) < 4.78 is 15.6. The fraction of sp³-hybridized carbons (Fsp3) is 0.900. The van der Waals surface area contributed by atoms with E-state index in [4.69, 9.17) is 14.2 Å². The second-order valence-electron chi connectivity index (χ2n) is 6.38. The van der Waals surface area contributed by atoms with E-state index in [-0.39, 0.29) is 11.9 Å². The first kappa shape index (κ1) is 23.9. The molecule has 0 aromatic carbocycles. The normalized spacial score (nSPS) is 10.6. The zero-order chi connectivity index (χ0) is 18.6. The largest absolute Gasteiger partial charge is 0.466 e. The van der Waals surface area contributed by atoms with Gasteiger partial charge in [-0.25, -0.2) is 0 Å². The van der Waals surface area contributed by atoms with Crippen molar-refractivity contribution in [3.8, 4) is 0 Å². The van der Waals surface area contributed by atoms with Crippen LogP contribution in [0.1, 0.15) is 90.9 Å². The van der Waals surface area contributed by atoms with Gasteiger partial charge >= 0.3 is 11.9 Å². The van der Waals surface area contributed by atoms with Gasteiger partial charge in [0.2, 0.25) is 0 Å². The Morgan fingerprint density at radius 3 is 1.76 bits per heavy atom. The van der Waals surface area contributed by atoms with Crippen LogP contribution in [0.25, 0.3) is 0 Å². The number of carbonyl (C=O) groups is 2. The Labute approximate surface area is 153 Å². The molecule has 5 nitrogen and oxygen atoms in total. The third kappa shape index (κ3) is 19.1. The molecule has 0 aromatic heterocycles. The number of carbonyl (C=O) groups excluding carboxylic acids is 2. The Morgan fingerprint density at radius 1 is 0.560 bits per heavy atom. The SMILES string of the molecule is CCCCCCCCOC(=O)CCCCC(=O)OCCOCCCC. The number of esters is 2. The molecule has 0 spiro atoms. The van der Waals surface area contributed by atoms with Gasteiger partial charge in [-0.1, -0.05) is 52.4 Å². The molecule has 5 heteroatoms. The van der Waals surface area contributed by atoms with Gasteiger partial charge in [-0.15, -0.1) is 0 Å². The zero-order valence-corrected chi connectivity index (χ0v) is 16.4. The van der Waals surface area contributed by atoms with E-state index in [1.165, 1.54) is 25.7 Å². The first-order valence-corrected chi connectivity index (χ1v) is 10.1. The van der Waals surface area contributed by atoms with Gasteiger partial charge in [-0.3, -0.25) is 9.59 Å². The Hall–Kier alpha value is -1.10. The number of unbranched alkanes of at least 4 members (excludes halogenated alkanes) is 7. The van der Waals surface area contributed by atoms with Gasteiger partial charge in [0.25, 0.3) is 0 Å². The standard InChI is InChI=1S/C20H38O5/c1-3-5-7-8-9-12-16-24-19(21)13-10-11-14-20(22)25-18-17-23-15-6-4-2/h3-18H2,1-2H3. The van der Waals surface area contributed by atoms with Gasteiger partial charge in [-0.2, -0.15) is 0 Å². The van der Waals surface area contributed by atoms with Crippen molar-refractivity contribution in [3.63, 3.8) is 0 Å². The molecule has 0 amide bonds. The highest BCUT2D eigenvalue weighted by atomic mass is 16.6. The molecule has 0 aromatic rings. The van der Waals surface area contributed by atoms with E-state index >= 15 is 0 Å². The zero-order valence-electron chi connectivity index (χ0n) is 16.4. The fourth-order valence-corrected chi connectivity index (χ4v) is 2.31. The molecule has 0 unspecified atom stereocenters. The quantitative estimate of drug-likeness (QED) is 0.260. The van der Waals surface area contributed by atoms with Crippen LogP contribution in [0.4, 0.5) is 0 Å². The molecule has 0 aliphatic rings. The van der Waals surface area contributed by atoms with E-state index in [0.29, 0.717) is 45.5 Å². The highest BCUT2D eigenvalue weighted by Crippen LogP contribution is 2.06. The molecule has 0 aliphatic carbocycles. The van der Waals surface area contributed by atoms with E-state index in [1.54, 1.807) is 0 Å². The van der Waals surface area contributed by atoms with Crippen LogP contribution in [0.5, 0.6) is 0 Å². The summed E-state index contributed by atoms with van der Waals surface area (Å²) in [6, 6.07) is 0. The van der Waals surface area contributed by atoms with Crippen molar-refractivity contribution >= 4 is 11.9 Å². The van der Waals surface area contributed by atoms with Gasteiger partial charge in [-0.05, 0) is 25.7 Å². The van der Waals surface area contributed by atoms with Crippen LogP contribution in [0, 0.1) is 0 Å². The summed E-state index contributed by atoms with van der Waals surface area (Å²) in [4.78, 5) is 23.1. The smallest absolute Gasteiger partial charge is 0.305 e. The van der Waals surface area contributed by atoms with Crippen molar-refractivity contribution in [2.75, 3.05) is 26.4 Å². The van der Waals surface area contributed by atoms with Crippen molar-refractivity contribution in [3.05, 3.63) is 0 Å². The first-order chi connectivity index (χ1) is 12.2. The summed E-state index contributed by atoms with van der Waals surface area (Å²) in [6.07, 6.45) is 11.3. The minimum Gasteiger partial charge on any atom is -0.466 e. The lowest BCUT2D eigenvalue weighted by molar-refractivity contribution is -0.146. The van der Waals surface area contributed by atoms with Gasteiger partial charge in [0.05, 0.1) is 13.2 Å². The van der Waals surface area contributed by atoms with Crippen LogP contribution in [-0.4, -0.2) is 38.4 Å². The summed E-state index contributed by atoms with van der Waals surface area (Å²) in [5.41, 5.74) is 0. The van der Waals surface area contributed by atoms with Gasteiger partial charge in [0, 0.05) is 19.4 Å². The third-order valence-electron chi connectivity index (χ3n) is 3.91. The topological polar surface area (TPSA) is 61.8 Å². The van der Waals surface area contributed by atoms with Crippen LogP contribution in [-0.2, 0) is 23.8 Å². The monoisotopic (exact) mass is 358 g/mol. The predicted molar refractivity (Wildman–Crippen MR) is 99.5 cm³/mol. The van der Waals surface area contributed by atoms with E-state index < -0.39 is 0 Å². The molecule has 0 heterocycles. The van der Waals surface area contributed by atoms with E-state index in [0.717, 1.165) is 32.3 Å². The lowest BCUT2D eigenvalue weighted by Gasteiger charge is -2.06. The fourth-order valence-electron chi connectivity index (χ4n) is 2.31. The molecule has 0 aliphatic heterocycles. The number of rotatable bonds is 18. The maximum absolute atomic E-state index is 11.6. The van der Waals surface area contributed by atoms with Crippen LogP contribution >= 0.6 is 0 Å². The van der Waals surface area contributed by atoms with Crippen molar-refractivity contribution in [1.82, 2.24) is 0 Å². The Kier molecular flexibility index (Phi) is 18.4. The molecule has 0 radical (unpaired) electrons. The molecule has 148 valence electrons. The Bertz CT molecular complexity index is 317. The Balaban J connectivity index is 3.31. The second kappa shape index (κ2) is 19.2. The van der Waals surface area contributed by atoms with Gasteiger partial charge in [0.15, 0.2) is 0 Å². The van der Waals surface area contributed by atoms with Crippen LogP contribution < -0.4 is 0 Å². The number of hydrogen-bond donors (Lipinski definition) is 0. The van der Waals surface area contributed by atoms with Crippen LogP contribution in [0.2, 0.25) is 0 Å². The Morgan fingerprint density at radius 2 is 1.12 bits per heavy atom. The minimum absolute atomic E-state index is 0.161. The average Bonchev–Trinajstić information content (AvgIpc) is 2.61. The van der Waals surface area contributed by atoms with E-state index in [9.17, 15) is 9.59 Å². The molecule has 0 bridgehead atoms. The average molecular weight is 359 g/mol. The third-order valence-corrected chi connectivity index (χ3v) is 3.91. The van der Waals surface area contributed by atoms with E-state index in [1.807, 2.05) is 0 Å². The maximum atomic E-state index is 11.6. The van der Waals surface area contributed by atoms with Gasteiger partial charge < -0.3 is 14.2 Å². The molecular formula is C20H38O5. The molecule has 25 heavy (non-hydrogen) atoms. The summed E-state index contributed by atoms with van der Waals surface area (Å²) in [6.45, 7) is 6.30. The van der Waals surface area contributed by atoms with Crippen molar-refractivity contribution < 1.29 is 23.8 Å². The summed E-state index contributed by atoms with van der Waals surface area (Å²) in [5.74, 6) is -0.384. The lowest BCUT2D eigenvalue weighted by Crippen LogP contribution is -2.11. The maximum Gasteiger partial charge on any atom is 0.305 e. The summed E-state index contributed by atoms with van der Waals surface area (Å²) in [5, 5.41) is 0. The molecule has 0 fully saturated rings. The van der Waals surface area contributed by atoms with Crippen LogP contribution in [0.15, 0.2) is 0 Å². The molecule has 0 N–H and O–H groups in total. The number of ether oxygens (including phenoxy) is 3. The minimum atomic E-state index is -0.223. The van der Waals surface area contributed by atoms with Crippen LogP contribution in [0.3, 0.4) is 0 Å². The lowest BCUT2D eigenvalue weighted by atomic mass is 10.1. The summed E-state index contributed by atoms with van der Waals surface area (Å²) in [7, 11) is 0.